The van der Waals surface area contributed by atoms with Crippen molar-refractivity contribution in [3.63, 3.8) is 0 Å². The third kappa shape index (κ3) is 3.44. The Morgan fingerprint density at radius 3 is 2.78 bits per heavy atom. The number of halogens is 2. The maximum atomic E-state index is 13.8. The molecule has 4 heteroatoms. The van der Waals surface area contributed by atoms with Crippen molar-refractivity contribution in [1.29, 1.82) is 0 Å². The molecule has 18 heavy (non-hydrogen) atoms. The highest BCUT2D eigenvalue weighted by molar-refractivity contribution is 6.30. The maximum absolute atomic E-state index is 13.8. The van der Waals surface area contributed by atoms with Crippen molar-refractivity contribution < 1.29 is 4.39 Å². The second-order valence-corrected chi connectivity index (χ2v) is 5.57. The van der Waals surface area contributed by atoms with Gasteiger partial charge >= 0.3 is 0 Å². The molecule has 3 N–H and O–H groups in total. The molecule has 0 aromatic heterocycles. The molecule has 1 saturated carbocycles. The fourth-order valence-corrected chi connectivity index (χ4v) is 3.02. The van der Waals surface area contributed by atoms with Crippen LogP contribution in [0.3, 0.4) is 0 Å². The molecule has 1 unspecified atom stereocenters. The lowest BCUT2D eigenvalue weighted by Gasteiger charge is -2.20. The van der Waals surface area contributed by atoms with Gasteiger partial charge in [-0.3, -0.25) is 11.3 Å². The number of nitrogens with one attached hydrogen (secondary N) is 1. The number of hydrazine groups is 1. The van der Waals surface area contributed by atoms with Gasteiger partial charge in [0.1, 0.15) is 5.82 Å². The SMILES string of the molecule is NNC(Cc1cccc(Cl)c1F)CC1CCCC1. The lowest BCUT2D eigenvalue weighted by atomic mass is 9.94. The Labute approximate surface area is 113 Å². The van der Waals surface area contributed by atoms with Crippen molar-refractivity contribution >= 4 is 11.6 Å². The van der Waals surface area contributed by atoms with Crippen molar-refractivity contribution in [2.24, 2.45) is 11.8 Å². The van der Waals surface area contributed by atoms with Crippen LogP contribution in [0.4, 0.5) is 4.39 Å². The molecule has 2 rings (SSSR count). The van der Waals surface area contributed by atoms with Crippen LogP contribution in [0, 0.1) is 11.7 Å². The Balaban J connectivity index is 1.98. The first-order valence-electron chi connectivity index (χ1n) is 6.59. The molecule has 1 aliphatic carbocycles. The van der Waals surface area contributed by atoms with Gasteiger partial charge in [-0.05, 0) is 30.4 Å². The van der Waals surface area contributed by atoms with Gasteiger partial charge in [0.15, 0.2) is 0 Å². The third-order valence-corrected chi connectivity index (χ3v) is 4.12. The number of hydrogen-bond donors (Lipinski definition) is 2. The average molecular weight is 271 g/mol. The van der Waals surface area contributed by atoms with E-state index in [0.29, 0.717) is 12.0 Å². The van der Waals surface area contributed by atoms with E-state index in [4.69, 9.17) is 17.4 Å². The van der Waals surface area contributed by atoms with Crippen LogP contribution in [-0.2, 0) is 6.42 Å². The van der Waals surface area contributed by atoms with Gasteiger partial charge in [0.05, 0.1) is 5.02 Å². The van der Waals surface area contributed by atoms with Crippen molar-refractivity contribution in [1.82, 2.24) is 5.43 Å². The van der Waals surface area contributed by atoms with Crippen molar-refractivity contribution in [3.05, 3.63) is 34.6 Å². The van der Waals surface area contributed by atoms with E-state index in [9.17, 15) is 4.39 Å². The summed E-state index contributed by atoms with van der Waals surface area (Å²) in [6.45, 7) is 0. The van der Waals surface area contributed by atoms with Crippen LogP contribution in [0.15, 0.2) is 18.2 Å². The number of nitrogens with two attached hydrogens (primary N) is 1. The highest BCUT2D eigenvalue weighted by atomic mass is 35.5. The predicted molar refractivity (Wildman–Crippen MR) is 72.8 cm³/mol. The average Bonchev–Trinajstić information content (AvgIpc) is 2.86. The maximum Gasteiger partial charge on any atom is 0.145 e. The first-order valence-corrected chi connectivity index (χ1v) is 6.97. The zero-order chi connectivity index (χ0) is 13.0. The second kappa shape index (κ2) is 6.50. The molecular weight excluding hydrogens is 251 g/mol. The van der Waals surface area contributed by atoms with E-state index in [-0.39, 0.29) is 16.9 Å². The third-order valence-electron chi connectivity index (χ3n) is 3.83. The monoisotopic (exact) mass is 270 g/mol. The minimum absolute atomic E-state index is 0.126. The summed E-state index contributed by atoms with van der Waals surface area (Å²) in [6.07, 6.45) is 6.79. The van der Waals surface area contributed by atoms with Crippen LogP contribution < -0.4 is 11.3 Å². The molecule has 2 nitrogen and oxygen atoms in total. The summed E-state index contributed by atoms with van der Waals surface area (Å²) in [5.41, 5.74) is 3.46. The number of hydrogen-bond acceptors (Lipinski definition) is 2. The topological polar surface area (TPSA) is 38.0 Å². The van der Waals surface area contributed by atoms with Crippen LogP contribution >= 0.6 is 11.6 Å². The van der Waals surface area contributed by atoms with Gasteiger partial charge in [-0.25, -0.2) is 4.39 Å². The molecule has 0 heterocycles. The van der Waals surface area contributed by atoms with E-state index in [1.54, 1.807) is 18.2 Å². The molecule has 0 bridgehead atoms. The highest BCUT2D eigenvalue weighted by Gasteiger charge is 2.20. The summed E-state index contributed by atoms with van der Waals surface area (Å²) in [4.78, 5) is 0. The van der Waals surface area contributed by atoms with Crippen molar-refractivity contribution in [2.75, 3.05) is 0 Å². The molecule has 1 aromatic rings. The van der Waals surface area contributed by atoms with Gasteiger partial charge in [0, 0.05) is 6.04 Å². The Kier molecular flexibility index (Phi) is 4.98. The molecule has 0 amide bonds. The van der Waals surface area contributed by atoms with Gasteiger partial charge in [-0.15, -0.1) is 0 Å². The van der Waals surface area contributed by atoms with Gasteiger partial charge in [-0.1, -0.05) is 49.4 Å². The fourth-order valence-electron chi connectivity index (χ4n) is 2.83. The largest absolute Gasteiger partial charge is 0.271 e. The molecule has 0 saturated heterocycles. The minimum atomic E-state index is -0.314. The first kappa shape index (κ1) is 13.8. The van der Waals surface area contributed by atoms with Crippen LogP contribution in [0.1, 0.15) is 37.7 Å². The summed E-state index contributed by atoms with van der Waals surface area (Å²) in [5, 5.41) is 0.184. The zero-order valence-corrected chi connectivity index (χ0v) is 11.2. The summed E-state index contributed by atoms with van der Waals surface area (Å²) in [5.74, 6) is 6.00. The van der Waals surface area contributed by atoms with Crippen molar-refractivity contribution in [3.8, 4) is 0 Å². The normalized spacial score (nSPS) is 18.2. The van der Waals surface area contributed by atoms with Gasteiger partial charge in [-0.2, -0.15) is 0 Å². The quantitative estimate of drug-likeness (QED) is 0.635. The molecule has 0 radical (unpaired) electrons. The highest BCUT2D eigenvalue weighted by Crippen LogP contribution is 2.29. The fraction of sp³-hybridized carbons (Fsp3) is 0.571. The summed E-state index contributed by atoms with van der Waals surface area (Å²) in [6, 6.07) is 5.26. The first-order chi connectivity index (χ1) is 8.70. The molecule has 1 fully saturated rings. The molecule has 1 atom stereocenters. The summed E-state index contributed by atoms with van der Waals surface area (Å²) >= 11 is 5.78. The van der Waals surface area contributed by atoms with E-state index < -0.39 is 0 Å². The standard InChI is InChI=1S/C14H20ClFN2/c15-13-7-3-6-11(14(13)16)9-12(18-17)8-10-4-1-2-5-10/h3,6-7,10,12,18H,1-2,4-5,8-9,17H2. The van der Waals surface area contributed by atoms with Crippen LogP contribution in [-0.4, -0.2) is 6.04 Å². The zero-order valence-electron chi connectivity index (χ0n) is 10.5. The Bertz CT molecular complexity index is 391. The van der Waals surface area contributed by atoms with E-state index in [0.717, 1.165) is 12.3 Å². The lowest BCUT2D eigenvalue weighted by Crippen LogP contribution is -2.38. The molecular formula is C14H20ClFN2. The molecule has 0 spiro atoms. The molecule has 1 aromatic carbocycles. The lowest BCUT2D eigenvalue weighted by molar-refractivity contribution is 0.386. The van der Waals surface area contributed by atoms with Crippen molar-refractivity contribution in [2.45, 2.75) is 44.6 Å². The predicted octanol–water partition coefficient (Wildman–Crippen LogP) is 3.43. The van der Waals surface area contributed by atoms with Crippen LogP contribution in [0.25, 0.3) is 0 Å². The van der Waals surface area contributed by atoms with E-state index in [1.807, 2.05) is 0 Å². The molecule has 0 aliphatic heterocycles. The number of benzene rings is 1. The summed E-state index contributed by atoms with van der Waals surface area (Å²) < 4.78 is 13.8. The minimum Gasteiger partial charge on any atom is -0.271 e. The van der Waals surface area contributed by atoms with E-state index in [2.05, 4.69) is 5.43 Å². The Hall–Kier alpha value is -0.640. The van der Waals surface area contributed by atoms with E-state index in [1.165, 1.54) is 25.7 Å². The smallest absolute Gasteiger partial charge is 0.145 e. The Morgan fingerprint density at radius 2 is 2.11 bits per heavy atom. The summed E-state index contributed by atoms with van der Waals surface area (Å²) in [7, 11) is 0. The number of rotatable bonds is 5. The Morgan fingerprint density at radius 1 is 1.39 bits per heavy atom. The van der Waals surface area contributed by atoms with Gasteiger partial charge in [0.25, 0.3) is 0 Å². The van der Waals surface area contributed by atoms with Crippen LogP contribution in [0.2, 0.25) is 5.02 Å². The van der Waals surface area contributed by atoms with Gasteiger partial charge in [0.2, 0.25) is 0 Å². The van der Waals surface area contributed by atoms with Gasteiger partial charge < -0.3 is 0 Å². The van der Waals surface area contributed by atoms with Crippen LogP contribution in [0.5, 0.6) is 0 Å². The molecule has 100 valence electrons. The molecule has 1 aliphatic rings. The van der Waals surface area contributed by atoms with E-state index >= 15 is 0 Å². The second-order valence-electron chi connectivity index (χ2n) is 5.17.